The summed E-state index contributed by atoms with van der Waals surface area (Å²) < 4.78 is 14.2. The van der Waals surface area contributed by atoms with Crippen LogP contribution in [0.5, 0.6) is 0 Å². The van der Waals surface area contributed by atoms with Crippen LogP contribution in [0, 0.1) is 5.82 Å². The van der Waals surface area contributed by atoms with Gasteiger partial charge in [-0.15, -0.1) is 0 Å². The van der Waals surface area contributed by atoms with Crippen LogP contribution in [-0.2, 0) is 0 Å². The second kappa shape index (κ2) is 4.74. The van der Waals surface area contributed by atoms with Crippen LogP contribution in [0.3, 0.4) is 0 Å². The fourth-order valence-electron chi connectivity index (χ4n) is 2.15. The molecule has 0 aliphatic heterocycles. The molecule has 0 saturated carbocycles. The number of rotatable bonds is 2. The van der Waals surface area contributed by atoms with Crippen molar-refractivity contribution < 1.29 is 19.1 Å². The van der Waals surface area contributed by atoms with Crippen molar-refractivity contribution in [1.29, 1.82) is 0 Å². The Morgan fingerprint density at radius 2 is 1.75 bits per heavy atom. The number of halogens is 1. The van der Waals surface area contributed by atoms with E-state index in [-0.39, 0.29) is 5.69 Å². The molecule has 98 valence electrons. The highest BCUT2D eigenvalue weighted by atomic mass is 19.1. The largest absolute Gasteiger partial charge is 0.340 e. The van der Waals surface area contributed by atoms with Gasteiger partial charge in [0.2, 0.25) is 12.0 Å². The molecule has 1 N–H and O–H groups in total. The summed E-state index contributed by atoms with van der Waals surface area (Å²) in [4.78, 5) is 12.3. The minimum atomic E-state index is -0.756. The average molecular weight is 268 g/mol. The molecular weight excluding hydrogens is 257 g/mol. The van der Waals surface area contributed by atoms with Crippen molar-refractivity contribution >= 4 is 16.6 Å². The first kappa shape index (κ1) is 12.3. The van der Waals surface area contributed by atoms with Gasteiger partial charge in [-0.2, -0.15) is 4.39 Å². The maximum absolute atomic E-state index is 13.7. The van der Waals surface area contributed by atoms with Crippen molar-refractivity contribution in [3.05, 3.63) is 77.9 Å². The van der Waals surface area contributed by atoms with Gasteiger partial charge in [-0.25, -0.2) is 0 Å². The topological polar surface area (TPSA) is 41.2 Å². The number of nitrogens with zero attached hydrogens (tertiary/aromatic N) is 1. The highest BCUT2D eigenvalue weighted by Crippen LogP contribution is 2.18. The van der Waals surface area contributed by atoms with Gasteiger partial charge >= 0.3 is 5.69 Å². The zero-order chi connectivity index (χ0) is 14.1. The van der Waals surface area contributed by atoms with Gasteiger partial charge in [-0.1, -0.05) is 36.4 Å². The number of benzene rings is 2. The van der Waals surface area contributed by atoms with Gasteiger partial charge in [0.15, 0.2) is 0 Å². The number of carbonyl (C=O) groups is 1. The molecule has 20 heavy (non-hydrogen) atoms. The maximum Gasteiger partial charge on any atom is 0.340 e. The van der Waals surface area contributed by atoms with Gasteiger partial charge in [-0.05, 0) is 22.9 Å². The predicted octanol–water partition coefficient (Wildman–Crippen LogP) is 2.73. The maximum atomic E-state index is 13.7. The fourth-order valence-corrected chi connectivity index (χ4v) is 2.15. The van der Waals surface area contributed by atoms with Crippen molar-refractivity contribution in [1.82, 2.24) is 0 Å². The normalized spacial score (nSPS) is 10.7. The van der Waals surface area contributed by atoms with E-state index in [2.05, 4.69) is 0 Å². The van der Waals surface area contributed by atoms with E-state index >= 15 is 0 Å². The van der Waals surface area contributed by atoms with Gasteiger partial charge in [-0.3, -0.25) is 10.0 Å². The zero-order valence-electron chi connectivity index (χ0n) is 10.5. The van der Waals surface area contributed by atoms with E-state index in [4.69, 9.17) is 0 Å². The number of fused-ring (bicyclic) bond motifs is 1. The first-order valence-electron chi connectivity index (χ1n) is 6.10. The Balaban J connectivity index is 2.13. The number of hydrogen-bond donors (Lipinski definition) is 1. The monoisotopic (exact) mass is 268 g/mol. The lowest BCUT2D eigenvalue weighted by atomic mass is 10.0. The van der Waals surface area contributed by atoms with Gasteiger partial charge in [0, 0.05) is 16.4 Å². The second-order valence-corrected chi connectivity index (χ2v) is 4.44. The Bertz CT molecular complexity index is 794. The quantitative estimate of drug-likeness (QED) is 0.441. The Kier molecular flexibility index (Phi) is 2.91. The van der Waals surface area contributed by atoms with Crippen molar-refractivity contribution in [2.45, 2.75) is 0 Å². The Labute approximate surface area is 114 Å². The van der Waals surface area contributed by atoms with Gasteiger partial charge in [0.05, 0.1) is 0 Å². The number of pyridine rings is 1. The standard InChI is InChI=1S/C16H11FNO2/c17-14-6-3-9-18(20)15(14)16(19)13-8-7-11-4-1-2-5-12(11)10-13/h1-10,20H/q+1. The average Bonchev–Trinajstić information content (AvgIpc) is 2.46. The minimum absolute atomic E-state index is 0.330. The SMILES string of the molecule is O=C(c1ccc2ccccc2c1)c1c(F)ccc[n+]1O. The van der Waals surface area contributed by atoms with Gasteiger partial charge in [0.25, 0.3) is 5.78 Å². The van der Waals surface area contributed by atoms with E-state index in [1.54, 1.807) is 18.2 Å². The van der Waals surface area contributed by atoms with Crippen molar-refractivity contribution in [3.63, 3.8) is 0 Å². The molecule has 1 aromatic heterocycles. The summed E-state index contributed by atoms with van der Waals surface area (Å²) in [5.74, 6) is -1.32. The number of ketones is 1. The number of carbonyl (C=O) groups excluding carboxylic acids is 1. The fraction of sp³-hybridized carbons (Fsp3) is 0. The van der Waals surface area contributed by atoms with Crippen molar-refractivity contribution in [3.8, 4) is 0 Å². The third kappa shape index (κ3) is 2.01. The molecule has 3 rings (SSSR count). The van der Waals surface area contributed by atoms with Crippen molar-refractivity contribution in [2.24, 2.45) is 0 Å². The summed E-state index contributed by atoms with van der Waals surface area (Å²) in [6.45, 7) is 0. The number of aromatic nitrogens is 1. The molecule has 3 nitrogen and oxygen atoms in total. The second-order valence-electron chi connectivity index (χ2n) is 4.44. The molecule has 0 radical (unpaired) electrons. The van der Waals surface area contributed by atoms with E-state index in [1.807, 2.05) is 24.3 Å². The minimum Gasteiger partial charge on any atom is -0.284 e. The van der Waals surface area contributed by atoms with E-state index in [1.165, 1.54) is 12.3 Å². The van der Waals surface area contributed by atoms with Gasteiger partial charge in [0.1, 0.15) is 0 Å². The van der Waals surface area contributed by atoms with Crippen LogP contribution in [0.15, 0.2) is 60.8 Å². The first-order valence-corrected chi connectivity index (χ1v) is 6.10. The summed E-state index contributed by atoms with van der Waals surface area (Å²) in [6, 6.07) is 15.1. The summed E-state index contributed by atoms with van der Waals surface area (Å²) in [7, 11) is 0. The lowest BCUT2D eigenvalue weighted by molar-refractivity contribution is -0.906. The third-order valence-electron chi connectivity index (χ3n) is 3.15. The Morgan fingerprint density at radius 1 is 1.00 bits per heavy atom. The Hall–Kier alpha value is -2.75. The van der Waals surface area contributed by atoms with E-state index in [9.17, 15) is 14.4 Å². The molecular formula is C16H11FNO2+. The lowest BCUT2D eigenvalue weighted by Gasteiger charge is -2.01. The highest BCUT2D eigenvalue weighted by Gasteiger charge is 2.26. The van der Waals surface area contributed by atoms with E-state index in [0.717, 1.165) is 16.8 Å². The van der Waals surface area contributed by atoms with Crippen LogP contribution < -0.4 is 4.73 Å². The van der Waals surface area contributed by atoms with Crippen LogP contribution in [0.25, 0.3) is 10.8 Å². The zero-order valence-corrected chi connectivity index (χ0v) is 10.5. The third-order valence-corrected chi connectivity index (χ3v) is 3.15. The Morgan fingerprint density at radius 3 is 2.50 bits per heavy atom. The molecule has 0 bridgehead atoms. The van der Waals surface area contributed by atoms with E-state index < -0.39 is 11.6 Å². The molecule has 0 saturated heterocycles. The van der Waals surface area contributed by atoms with Crippen LogP contribution in [0.1, 0.15) is 16.1 Å². The van der Waals surface area contributed by atoms with Crippen LogP contribution >= 0.6 is 0 Å². The molecule has 0 spiro atoms. The predicted molar refractivity (Wildman–Crippen MR) is 71.2 cm³/mol. The molecule has 4 heteroatoms. The summed E-state index contributed by atoms with van der Waals surface area (Å²) >= 11 is 0. The molecule has 0 aliphatic rings. The summed E-state index contributed by atoms with van der Waals surface area (Å²) in [6.07, 6.45) is 1.22. The van der Waals surface area contributed by atoms with Crippen molar-refractivity contribution in [2.75, 3.05) is 0 Å². The molecule has 0 fully saturated rings. The summed E-state index contributed by atoms with van der Waals surface area (Å²) in [5, 5.41) is 11.5. The van der Waals surface area contributed by atoms with E-state index in [0.29, 0.717) is 10.3 Å². The van der Waals surface area contributed by atoms with Crippen LogP contribution in [-0.4, -0.2) is 11.0 Å². The molecule has 0 aliphatic carbocycles. The summed E-state index contributed by atoms with van der Waals surface area (Å²) in [5.41, 5.74) is -0.0422. The molecule has 0 amide bonds. The lowest BCUT2D eigenvalue weighted by Crippen LogP contribution is -2.38. The molecule has 3 aromatic rings. The highest BCUT2D eigenvalue weighted by molar-refractivity contribution is 6.08. The smallest absolute Gasteiger partial charge is 0.284 e. The number of hydrogen-bond acceptors (Lipinski definition) is 2. The molecule has 1 heterocycles. The molecule has 0 atom stereocenters. The van der Waals surface area contributed by atoms with Crippen LogP contribution in [0.4, 0.5) is 4.39 Å². The molecule has 0 unspecified atom stereocenters. The first-order chi connectivity index (χ1) is 9.66. The van der Waals surface area contributed by atoms with Gasteiger partial charge < -0.3 is 0 Å². The van der Waals surface area contributed by atoms with Crippen LogP contribution in [0.2, 0.25) is 0 Å². The molecule has 2 aromatic carbocycles.